The van der Waals surface area contributed by atoms with E-state index in [2.05, 4.69) is 26.3 Å². The Morgan fingerprint density at radius 2 is 1.89 bits per heavy atom. The van der Waals surface area contributed by atoms with Gasteiger partial charge in [0.25, 0.3) is 0 Å². The maximum Gasteiger partial charge on any atom is 0.230 e. The first kappa shape index (κ1) is 18.4. The number of anilines is 1. The third-order valence-corrected chi connectivity index (χ3v) is 5.83. The number of nitrogens with zero attached hydrogens (tertiary/aromatic N) is 4. The van der Waals surface area contributed by atoms with Crippen LogP contribution in [-0.4, -0.2) is 35.5 Å². The number of aromatic nitrogens is 2. The summed E-state index contributed by atoms with van der Waals surface area (Å²) in [5.74, 6) is 0.795. The zero-order valence-electron chi connectivity index (χ0n) is 15.6. The van der Waals surface area contributed by atoms with Crippen LogP contribution in [0.3, 0.4) is 0 Å². The molecule has 1 amide bonds. The van der Waals surface area contributed by atoms with E-state index < -0.39 is 5.41 Å². The van der Waals surface area contributed by atoms with Crippen molar-refractivity contribution in [3.8, 4) is 6.07 Å². The highest BCUT2D eigenvalue weighted by atomic mass is 19.1. The molecule has 0 bridgehead atoms. The molecule has 4 rings (SSSR count). The minimum atomic E-state index is -0.476. The van der Waals surface area contributed by atoms with Gasteiger partial charge in [0.05, 0.1) is 5.41 Å². The Kier molecular flexibility index (Phi) is 4.95. The van der Waals surface area contributed by atoms with Gasteiger partial charge >= 0.3 is 0 Å². The minimum absolute atomic E-state index is 0.0437. The van der Waals surface area contributed by atoms with E-state index >= 15 is 0 Å². The van der Waals surface area contributed by atoms with Crippen molar-refractivity contribution in [1.29, 1.82) is 5.26 Å². The van der Waals surface area contributed by atoms with Gasteiger partial charge in [-0.1, -0.05) is 12.1 Å². The van der Waals surface area contributed by atoms with Crippen LogP contribution in [0.15, 0.2) is 36.7 Å². The Labute approximate surface area is 163 Å². The number of carbonyl (C=O) groups excluding carboxylic acids is 1. The Morgan fingerprint density at radius 1 is 1.21 bits per heavy atom. The molecule has 2 aromatic rings. The van der Waals surface area contributed by atoms with Gasteiger partial charge in [-0.15, -0.1) is 0 Å². The number of nitriles is 1. The quantitative estimate of drug-likeness (QED) is 0.863. The van der Waals surface area contributed by atoms with Crippen LogP contribution in [0.2, 0.25) is 0 Å². The molecule has 144 valence electrons. The predicted octanol–water partition coefficient (Wildman–Crippen LogP) is 2.55. The average Bonchev–Trinajstić information content (AvgIpc) is 3.55. The Balaban J connectivity index is 1.30. The van der Waals surface area contributed by atoms with E-state index in [1.807, 2.05) is 0 Å². The molecule has 6 nitrogen and oxygen atoms in total. The minimum Gasteiger partial charge on any atom is -0.355 e. The van der Waals surface area contributed by atoms with Gasteiger partial charge in [-0.3, -0.25) is 4.79 Å². The second-order valence-electron chi connectivity index (χ2n) is 7.57. The van der Waals surface area contributed by atoms with Gasteiger partial charge in [-0.25, -0.2) is 14.4 Å². The molecule has 1 aliphatic heterocycles. The van der Waals surface area contributed by atoms with Crippen LogP contribution in [0, 0.1) is 23.1 Å². The summed E-state index contributed by atoms with van der Waals surface area (Å²) in [5.41, 5.74) is 0.771. The number of nitrogens with one attached hydrogen (secondary N) is 1. The topological polar surface area (TPSA) is 81.9 Å². The molecule has 1 aliphatic carbocycles. The number of piperidine rings is 1. The molecule has 2 fully saturated rings. The highest BCUT2D eigenvalue weighted by molar-refractivity contribution is 5.91. The molecule has 0 unspecified atom stereocenters. The molecule has 7 heteroatoms. The normalized spacial score (nSPS) is 18.4. The molecule has 28 heavy (non-hydrogen) atoms. The molecular formula is C21H22FN5O. The lowest BCUT2D eigenvalue weighted by Gasteiger charge is -2.33. The zero-order valence-corrected chi connectivity index (χ0v) is 15.6. The summed E-state index contributed by atoms with van der Waals surface area (Å²) in [6.45, 7) is 2.22. The summed E-state index contributed by atoms with van der Waals surface area (Å²) in [5, 5.41) is 12.3. The smallest absolute Gasteiger partial charge is 0.230 e. The maximum absolute atomic E-state index is 13.2. The predicted molar refractivity (Wildman–Crippen MR) is 102 cm³/mol. The van der Waals surface area contributed by atoms with E-state index in [0.717, 1.165) is 44.3 Å². The summed E-state index contributed by atoms with van der Waals surface area (Å²) < 4.78 is 13.2. The second kappa shape index (κ2) is 7.55. The average molecular weight is 379 g/mol. The van der Waals surface area contributed by atoms with Gasteiger partial charge in [0.1, 0.15) is 11.9 Å². The number of hydrogen-bond donors (Lipinski definition) is 1. The van der Waals surface area contributed by atoms with Crippen LogP contribution < -0.4 is 10.2 Å². The molecule has 2 heterocycles. The van der Waals surface area contributed by atoms with Gasteiger partial charge in [0, 0.05) is 32.0 Å². The van der Waals surface area contributed by atoms with Crippen molar-refractivity contribution in [1.82, 2.24) is 15.3 Å². The number of carbonyl (C=O) groups is 1. The van der Waals surface area contributed by atoms with Crippen molar-refractivity contribution in [2.24, 2.45) is 5.92 Å². The van der Waals surface area contributed by atoms with Crippen LogP contribution in [-0.2, 0) is 10.2 Å². The lowest BCUT2D eigenvalue weighted by molar-refractivity contribution is -0.123. The first-order valence-corrected chi connectivity index (χ1v) is 9.63. The van der Waals surface area contributed by atoms with Gasteiger partial charge in [0.2, 0.25) is 5.91 Å². The number of benzene rings is 1. The third-order valence-electron chi connectivity index (χ3n) is 5.83. The van der Waals surface area contributed by atoms with E-state index in [4.69, 9.17) is 0 Å². The molecule has 1 saturated carbocycles. The van der Waals surface area contributed by atoms with Crippen molar-refractivity contribution >= 4 is 11.7 Å². The van der Waals surface area contributed by atoms with E-state index in [1.165, 1.54) is 18.3 Å². The standard InChI is InChI=1S/C21H22FN5O/c22-17-3-1-16(2-4-17)21(7-8-21)20(28)26-14-15-5-11-27(12-6-15)19-18(13-23)24-9-10-25-19/h1-4,9-10,15H,5-8,11-12,14H2,(H,26,28). The van der Waals surface area contributed by atoms with Gasteiger partial charge < -0.3 is 10.2 Å². The maximum atomic E-state index is 13.2. The number of amides is 1. The summed E-state index contributed by atoms with van der Waals surface area (Å²) in [6.07, 6.45) is 6.60. The van der Waals surface area contributed by atoms with Gasteiger partial charge in [-0.05, 0) is 49.3 Å². The largest absolute Gasteiger partial charge is 0.355 e. The lowest BCUT2D eigenvalue weighted by atomic mass is 9.93. The highest BCUT2D eigenvalue weighted by Crippen LogP contribution is 2.48. The second-order valence-corrected chi connectivity index (χ2v) is 7.57. The van der Waals surface area contributed by atoms with Crippen molar-refractivity contribution in [3.63, 3.8) is 0 Å². The van der Waals surface area contributed by atoms with E-state index in [9.17, 15) is 14.4 Å². The number of rotatable bonds is 5. The SMILES string of the molecule is N#Cc1nccnc1N1CCC(CNC(=O)C2(c3ccc(F)cc3)CC2)CC1. The lowest BCUT2D eigenvalue weighted by Crippen LogP contribution is -2.42. The van der Waals surface area contributed by atoms with Crippen molar-refractivity contribution < 1.29 is 9.18 Å². The monoisotopic (exact) mass is 379 g/mol. The van der Waals surface area contributed by atoms with E-state index in [1.54, 1.807) is 18.3 Å². The fraction of sp³-hybridized carbons (Fsp3) is 0.429. The van der Waals surface area contributed by atoms with Crippen LogP contribution in [0.5, 0.6) is 0 Å². The van der Waals surface area contributed by atoms with Crippen molar-refractivity contribution in [2.45, 2.75) is 31.1 Å². The molecule has 1 saturated heterocycles. The van der Waals surface area contributed by atoms with Crippen molar-refractivity contribution in [3.05, 3.63) is 53.7 Å². The molecule has 1 aromatic carbocycles. The molecule has 0 spiro atoms. The molecule has 0 atom stereocenters. The van der Waals surface area contributed by atoms with Crippen molar-refractivity contribution in [2.75, 3.05) is 24.5 Å². The summed E-state index contributed by atoms with van der Waals surface area (Å²) >= 11 is 0. The first-order valence-electron chi connectivity index (χ1n) is 9.63. The molecule has 1 aromatic heterocycles. The Morgan fingerprint density at radius 3 is 2.54 bits per heavy atom. The Hall–Kier alpha value is -3.01. The Bertz CT molecular complexity index is 896. The summed E-state index contributed by atoms with van der Waals surface area (Å²) in [6, 6.07) is 8.36. The zero-order chi connectivity index (χ0) is 19.6. The summed E-state index contributed by atoms with van der Waals surface area (Å²) in [7, 11) is 0. The van der Waals surface area contributed by atoms with Gasteiger partial charge in [0.15, 0.2) is 11.5 Å². The van der Waals surface area contributed by atoms with E-state index in [-0.39, 0.29) is 11.7 Å². The van der Waals surface area contributed by atoms with Crippen LogP contribution in [0.25, 0.3) is 0 Å². The fourth-order valence-electron chi connectivity index (χ4n) is 3.94. The number of halogens is 1. The van der Waals surface area contributed by atoms with Crippen LogP contribution >= 0.6 is 0 Å². The fourth-order valence-corrected chi connectivity index (χ4v) is 3.94. The van der Waals surface area contributed by atoms with Crippen LogP contribution in [0.4, 0.5) is 10.2 Å². The number of hydrogen-bond acceptors (Lipinski definition) is 5. The molecular weight excluding hydrogens is 357 g/mol. The van der Waals surface area contributed by atoms with Gasteiger partial charge in [-0.2, -0.15) is 5.26 Å². The molecule has 0 radical (unpaired) electrons. The molecule has 2 aliphatic rings. The van der Waals surface area contributed by atoms with E-state index in [0.29, 0.717) is 24.0 Å². The summed E-state index contributed by atoms with van der Waals surface area (Å²) in [4.78, 5) is 23.2. The first-order chi connectivity index (χ1) is 13.6. The molecule has 1 N–H and O–H groups in total. The third kappa shape index (κ3) is 3.55. The highest BCUT2D eigenvalue weighted by Gasteiger charge is 2.51. The van der Waals surface area contributed by atoms with Crippen LogP contribution in [0.1, 0.15) is 36.9 Å².